The molecule has 2 saturated heterocycles. The van der Waals surface area contributed by atoms with E-state index in [-0.39, 0.29) is 22.1 Å². The standard InChI is InChI=1S/C25H30F3N3O4S/c1-35-22-10-9-19(17-23(22)36(33,34)31-11-4-2-3-5-12-31)24(32)30-15-13-29(14-16-30)21-8-6-7-20(18-21)25(26,27)28/h6-10,17-18H,2-5,11-16H2,1H3. The maximum atomic E-state index is 13.4. The van der Waals surface area contributed by atoms with Gasteiger partial charge in [-0.15, -0.1) is 0 Å². The highest BCUT2D eigenvalue weighted by atomic mass is 32.2. The van der Waals surface area contributed by atoms with Crippen LogP contribution >= 0.6 is 0 Å². The highest BCUT2D eigenvalue weighted by Crippen LogP contribution is 2.33. The van der Waals surface area contributed by atoms with E-state index in [4.69, 9.17) is 4.74 Å². The third-order valence-electron chi connectivity index (χ3n) is 6.70. The molecule has 2 aliphatic rings. The van der Waals surface area contributed by atoms with Crippen molar-refractivity contribution in [1.29, 1.82) is 0 Å². The lowest BCUT2D eigenvalue weighted by Gasteiger charge is -2.36. The second kappa shape index (κ2) is 10.7. The Morgan fingerprint density at radius 3 is 2.17 bits per heavy atom. The summed E-state index contributed by atoms with van der Waals surface area (Å²) < 4.78 is 72.8. The zero-order valence-electron chi connectivity index (χ0n) is 20.1. The van der Waals surface area contributed by atoms with Crippen LogP contribution in [0.2, 0.25) is 0 Å². The number of benzene rings is 2. The number of carbonyl (C=O) groups is 1. The molecule has 0 unspecified atom stereocenters. The number of halogens is 3. The predicted molar refractivity (Wildman–Crippen MR) is 130 cm³/mol. The molecule has 0 bridgehead atoms. The molecule has 2 fully saturated rings. The molecule has 0 atom stereocenters. The maximum absolute atomic E-state index is 13.4. The Bertz CT molecular complexity index is 1190. The molecule has 36 heavy (non-hydrogen) atoms. The van der Waals surface area contributed by atoms with E-state index in [9.17, 15) is 26.4 Å². The van der Waals surface area contributed by atoms with E-state index in [1.54, 1.807) is 17.0 Å². The van der Waals surface area contributed by atoms with Crippen molar-refractivity contribution in [2.45, 2.75) is 36.8 Å². The van der Waals surface area contributed by atoms with Crippen LogP contribution < -0.4 is 9.64 Å². The first-order valence-corrected chi connectivity index (χ1v) is 13.4. The van der Waals surface area contributed by atoms with Crippen LogP contribution in [0.5, 0.6) is 5.75 Å². The van der Waals surface area contributed by atoms with Crippen molar-refractivity contribution in [2.75, 3.05) is 51.3 Å². The van der Waals surface area contributed by atoms with Crippen LogP contribution in [0.1, 0.15) is 41.6 Å². The highest BCUT2D eigenvalue weighted by Gasteiger charge is 2.32. The van der Waals surface area contributed by atoms with Gasteiger partial charge < -0.3 is 14.5 Å². The Kier molecular flexibility index (Phi) is 7.79. The zero-order chi connectivity index (χ0) is 25.9. The molecule has 0 saturated carbocycles. The van der Waals surface area contributed by atoms with Gasteiger partial charge in [-0.1, -0.05) is 18.9 Å². The minimum Gasteiger partial charge on any atom is -0.495 e. The Morgan fingerprint density at radius 1 is 0.889 bits per heavy atom. The molecule has 11 heteroatoms. The number of anilines is 1. The molecule has 2 aromatic rings. The van der Waals surface area contributed by atoms with Crippen molar-refractivity contribution in [3.8, 4) is 5.75 Å². The van der Waals surface area contributed by atoms with Gasteiger partial charge >= 0.3 is 6.18 Å². The number of ether oxygens (including phenoxy) is 1. The van der Waals surface area contributed by atoms with Gasteiger partial charge in [-0.05, 0) is 49.2 Å². The number of carbonyl (C=O) groups excluding carboxylic acids is 1. The van der Waals surface area contributed by atoms with Crippen LogP contribution in [-0.2, 0) is 16.2 Å². The van der Waals surface area contributed by atoms with Gasteiger partial charge in [0.15, 0.2) is 0 Å². The SMILES string of the molecule is COc1ccc(C(=O)N2CCN(c3cccc(C(F)(F)F)c3)CC2)cc1S(=O)(=O)N1CCCCCC1. The average molecular weight is 526 g/mol. The molecule has 0 aliphatic carbocycles. The van der Waals surface area contributed by atoms with Crippen molar-refractivity contribution < 1.29 is 31.1 Å². The Balaban J connectivity index is 1.50. The molecule has 4 rings (SSSR count). The first-order valence-electron chi connectivity index (χ1n) is 12.0. The van der Waals surface area contributed by atoms with Gasteiger partial charge in [0.05, 0.1) is 12.7 Å². The molecular formula is C25H30F3N3O4S. The van der Waals surface area contributed by atoms with Gasteiger partial charge in [0, 0.05) is 50.5 Å². The van der Waals surface area contributed by atoms with E-state index < -0.39 is 21.8 Å². The summed E-state index contributed by atoms with van der Waals surface area (Å²) in [5.74, 6) is -0.140. The lowest BCUT2D eigenvalue weighted by molar-refractivity contribution is -0.137. The summed E-state index contributed by atoms with van der Waals surface area (Å²) in [6.07, 6.45) is -0.886. The van der Waals surface area contributed by atoms with E-state index in [0.717, 1.165) is 37.8 Å². The van der Waals surface area contributed by atoms with Gasteiger partial charge in [0.2, 0.25) is 10.0 Å². The average Bonchev–Trinajstić information content (AvgIpc) is 3.18. The molecule has 0 N–H and O–H groups in total. The number of methoxy groups -OCH3 is 1. The molecular weight excluding hydrogens is 495 g/mol. The topological polar surface area (TPSA) is 70.2 Å². The van der Waals surface area contributed by atoms with E-state index >= 15 is 0 Å². The Labute approximate surface area is 209 Å². The molecule has 2 aromatic carbocycles. The summed E-state index contributed by atoms with van der Waals surface area (Å²) in [6.45, 7) is 2.19. The monoisotopic (exact) mass is 525 g/mol. The van der Waals surface area contributed by atoms with E-state index in [0.29, 0.717) is 45.0 Å². The van der Waals surface area contributed by atoms with Crippen LogP contribution in [0.4, 0.5) is 18.9 Å². The second-order valence-corrected chi connectivity index (χ2v) is 10.9. The van der Waals surface area contributed by atoms with Gasteiger partial charge in [-0.3, -0.25) is 4.79 Å². The number of rotatable bonds is 5. The van der Waals surface area contributed by atoms with Crippen molar-refractivity contribution in [3.05, 3.63) is 53.6 Å². The molecule has 2 heterocycles. The third kappa shape index (κ3) is 5.62. The summed E-state index contributed by atoms with van der Waals surface area (Å²) >= 11 is 0. The number of hydrogen-bond donors (Lipinski definition) is 0. The zero-order valence-corrected chi connectivity index (χ0v) is 20.9. The Hall–Kier alpha value is -2.79. The molecule has 0 radical (unpaired) electrons. The Morgan fingerprint density at radius 2 is 1.56 bits per heavy atom. The number of piperazine rings is 1. The van der Waals surface area contributed by atoms with Crippen LogP contribution in [0, 0.1) is 0 Å². The lowest BCUT2D eigenvalue weighted by atomic mass is 10.1. The summed E-state index contributed by atoms with van der Waals surface area (Å²) in [6, 6.07) is 9.56. The summed E-state index contributed by atoms with van der Waals surface area (Å²) in [5, 5.41) is 0. The smallest absolute Gasteiger partial charge is 0.416 e. The fourth-order valence-corrected chi connectivity index (χ4v) is 6.36. The number of amides is 1. The fourth-order valence-electron chi connectivity index (χ4n) is 4.66. The van der Waals surface area contributed by atoms with E-state index in [2.05, 4.69) is 0 Å². The van der Waals surface area contributed by atoms with Crippen molar-refractivity contribution in [2.24, 2.45) is 0 Å². The summed E-state index contributed by atoms with van der Waals surface area (Å²) in [4.78, 5) is 16.6. The van der Waals surface area contributed by atoms with Crippen LogP contribution in [0.15, 0.2) is 47.4 Å². The molecule has 0 aromatic heterocycles. The maximum Gasteiger partial charge on any atom is 0.416 e. The fraction of sp³-hybridized carbons (Fsp3) is 0.480. The number of hydrogen-bond acceptors (Lipinski definition) is 5. The number of alkyl halides is 3. The third-order valence-corrected chi connectivity index (χ3v) is 8.62. The largest absolute Gasteiger partial charge is 0.495 e. The van der Waals surface area contributed by atoms with Gasteiger partial charge in [-0.2, -0.15) is 17.5 Å². The quantitative estimate of drug-likeness (QED) is 0.584. The van der Waals surface area contributed by atoms with Crippen molar-refractivity contribution in [1.82, 2.24) is 9.21 Å². The first kappa shape index (κ1) is 26.3. The molecule has 196 valence electrons. The van der Waals surface area contributed by atoms with E-state index in [1.807, 2.05) is 4.90 Å². The minimum absolute atomic E-state index is 0.0275. The van der Waals surface area contributed by atoms with Gasteiger partial charge in [-0.25, -0.2) is 8.42 Å². The molecule has 2 aliphatic heterocycles. The number of nitrogens with zero attached hydrogens (tertiary/aromatic N) is 3. The molecule has 7 nitrogen and oxygen atoms in total. The van der Waals surface area contributed by atoms with Gasteiger partial charge in [0.1, 0.15) is 10.6 Å². The highest BCUT2D eigenvalue weighted by molar-refractivity contribution is 7.89. The van der Waals surface area contributed by atoms with Crippen molar-refractivity contribution in [3.63, 3.8) is 0 Å². The minimum atomic E-state index is -4.42. The normalized spacial score (nSPS) is 18.1. The number of sulfonamides is 1. The van der Waals surface area contributed by atoms with Crippen LogP contribution in [-0.4, -0.2) is 69.9 Å². The van der Waals surface area contributed by atoms with Crippen molar-refractivity contribution >= 4 is 21.6 Å². The van der Waals surface area contributed by atoms with Gasteiger partial charge in [0.25, 0.3) is 5.91 Å². The summed E-state index contributed by atoms with van der Waals surface area (Å²) in [7, 11) is -2.44. The molecule has 0 spiro atoms. The first-order chi connectivity index (χ1) is 17.1. The van der Waals surface area contributed by atoms with Crippen LogP contribution in [0.3, 0.4) is 0 Å². The van der Waals surface area contributed by atoms with Crippen LogP contribution in [0.25, 0.3) is 0 Å². The summed E-state index contributed by atoms with van der Waals surface area (Å²) in [5.41, 5.74) is -0.0289. The van der Waals surface area contributed by atoms with E-state index in [1.165, 1.54) is 29.6 Å². The second-order valence-electron chi connectivity index (χ2n) is 9.01. The predicted octanol–water partition coefficient (Wildman–Crippen LogP) is 4.24. The molecule has 1 amide bonds. The lowest BCUT2D eigenvalue weighted by Crippen LogP contribution is -2.48.